The van der Waals surface area contributed by atoms with Gasteiger partial charge in [0.2, 0.25) is 6.10 Å². The van der Waals surface area contributed by atoms with Gasteiger partial charge in [0.25, 0.3) is 0 Å². The molecule has 34 heavy (non-hydrogen) atoms. The Morgan fingerprint density at radius 2 is 1.76 bits per heavy atom. The number of thioether (sulfide) groups is 1. The molecule has 3 aromatic rings. The zero-order valence-corrected chi connectivity index (χ0v) is 19.7. The van der Waals surface area contributed by atoms with Gasteiger partial charge < -0.3 is 9.47 Å². The summed E-state index contributed by atoms with van der Waals surface area (Å²) < 4.78 is 24.5. The molecule has 0 amide bonds. The molecule has 3 aromatic carbocycles. The van der Waals surface area contributed by atoms with Crippen LogP contribution < -0.4 is 4.74 Å². The smallest absolute Gasteiger partial charge is 0.311 e. The predicted octanol–water partition coefficient (Wildman–Crippen LogP) is 7.30. The number of carbonyl (C=O) groups is 1. The third kappa shape index (κ3) is 5.49. The molecule has 0 aliphatic heterocycles. The van der Waals surface area contributed by atoms with Gasteiger partial charge in [-0.1, -0.05) is 62.0 Å². The number of rotatable bonds is 8. The van der Waals surface area contributed by atoms with E-state index in [-0.39, 0.29) is 23.1 Å². The number of nitrogens with zero attached hydrogens (tertiary/aromatic N) is 1. The summed E-state index contributed by atoms with van der Waals surface area (Å²) in [7, 11) is 0. The first-order valence-corrected chi connectivity index (χ1v) is 11.8. The summed E-state index contributed by atoms with van der Waals surface area (Å²) in [4.78, 5) is 13.8. The van der Waals surface area contributed by atoms with E-state index in [1.807, 2.05) is 55.7 Å². The molecular weight excluding hydrogens is 449 g/mol. The summed E-state index contributed by atoms with van der Waals surface area (Å²) in [6.45, 7) is 4.01. The van der Waals surface area contributed by atoms with Gasteiger partial charge in [-0.3, -0.25) is 4.79 Å². The number of hydrogen-bond acceptors (Lipinski definition) is 5. The van der Waals surface area contributed by atoms with Crippen LogP contribution in [0.2, 0.25) is 0 Å². The molecular formula is C28H24FNO3S. The van der Waals surface area contributed by atoms with Crippen molar-refractivity contribution in [1.82, 2.24) is 0 Å². The van der Waals surface area contributed by atoms with Gasteiger partial charge in [0.05, 0.1) is 5.92 Å². The molecule has 0 N–H and O–H groups in total. The van der Waals surface area contributed by atoms with Gasteiger partial charge in [-0.25, -0.2) is 4.39 Å². The molecule has 3 atom stereocenters. The van der Waals surface area contributed by atoms with Crippen LogP contribution in [0.5, 0.6) is 11.5 Å². The average Bonchev–Trinajstić information content (AvgIpc) is 3.39. The summed E-state index contributed by atoms with van der Waals surface area (Å²) in [5.74, 6) is 0.233. The standard InChI is InChI=1S/C28H24FNO3S/c1-28(2)24(15-16-34-23-13-11-20(29)12-14-23)26(28)27(31)33-25(18-30)19-7-6-10-22(17-19)32-21-8-4-3-5-9-21/h3-17,24-26H,1-2H3/b16-15+/t24-,25?,26-/m0/s1. The number of hydrogen-bond donors (Lipinski definition) is 0. The Labute approximate surface area is 203 Å². The fourth-order valence-electron chi connectivity index (χ4n) is 3.93. The minimum atomic E-state index is -1.03. The van der Waals surface area contributed by atoms with Crippen molar-refractivity contribution in [2.24, 2.45) is 17.3 Å². The number of allylic oxidation sites excluding steroid dienone is 1. The molecule has 1 aliphatic carbocycles. The van der Waals surface area contributed by atoms with E-state index in [1.54, 1.807) is 36.4 Å². The number of para-hydroxylation sites is 1. The molecule has 0 heterocycles. The number of esters is 1. The van der Waals surface area contributed by atoms with Crippen LogP contribution in [0.1, 0.15) is 25.5 Å². The van der Waals surface area contributed by atoms with Crippen molar-refractivity contribution >= 4 is 17.7 Å². The number of carbonyl (C=O) groups excluding carboxylic acids is 1. The number of benzene rings is 3. The lowest BCUT2D eigenvalue weighted by Gasteiger charge is -2.13. The van der Waals surface area contributed by atoms with E-state index in [2.05, 4.69) is 6.07 Å². The van der Waals surface area contributed by atoms with Crippen LogP contribution in [-0.4, -0.2) is 5.97 Å². The molecule has 4 rings (SSSR count). The van der Waals surface area contributed by atoms with E-state index >= 15 is 0 Å². The minimum absolute atomic E-state index is 0.0000366. The third-order valence-electron chi connectivity index (χ3n) is 5.96. The zero-order chi connectivity index (χ0) is 24.1. The van der Waals surface area contributed by atoms with Crippen molar-refractivity contribution < 1.29 is 18.7 Å². The molecule has 1 fully saturated rings. The Morgan fingerprint density at radius 1 is 1.06 bits per heavy atom. The van der Waals surface area contributed by atoms with Gasteiger partial charge in [-0.15, -0.1) is 0 Å². The SMILES string of the molecule is CC1(C)[C@H](C(=O)OC(C#N)c2cccc(Oc3ccccc3)c2)[C@@H]1/C=C/Sc1ccc(F)cc1. The van der Waals surface area contributed by atoms with E-state index in [4.69, 9.17) is 9.47 Å². The van der Waals surface area contributed by atoms with Crippen molar-refractivity contribution in [2.75, 3.05) is 0 Å². The van der Waals surface area contributed by atoms with Crippen molar-refractivity contribution in [2.45, 2.75) is 24.8 Å². The van der Waals surface area contributed by atoms with Gasteiger partial charge >= 0.3 is 5.97 Å². The summed E-state index contributed by atoms with van der Waals surface area (Å²) in [6.07, 6.45) is 0.955. The van der Waals surface area contributed by atoms with E-state index in [0.717, 1.165) is 4.90 Å². The maximum absolute atomic E-state index is 13.1. The van der Waals surface area contributed by atoms with Crippen LogP contribution >= 0.6 is 11.8 Å². The lowest BCUT2D eigenvalue weighted by molar-refractivity contribution is -0.149. The van der Waals surface area contributed by atoms with Crippen LogP contribution in [-0.2, 0) is 9.53 Å². The van der Waals surface area contributed by atoms with Crippen molar-refractivity contribution in [1.29, 1.82) is 5.26 Å². The Kier molecular flexibility index (Phi) is 7.04. The van der Waals surface area contributed by atoms with E-state index < -0.39 is 12.1 Å². The highest BCUT2D eigenvalue weighted by Crippen LogP contribution is 2.60. The Hall–Kier alpha value is -3.56. The van der Waals surface area contributed by atoms with E-state index in [9.17, 15) is 14.4 Å². The van der Waals surface area contributed by atoms with E-state index in [0.29, 0.717) is 17.1 Å². The largest absolute Gasteiger partial charge is 0.457 e. The summed E-state index contributed by atoms with van der Waals surface area (Å²) in [5, 5.41) is 11.6. The Bertz CT molecular complexity index is 1220. The first-order valence-electron chi connectivity index (χ1n) is 10.9. The monoisotopic (exact) mass is 473 g/mol. The second-order valence-electron chi connectivity index (χ2n) is 8.66. The highest BCUT2D eigenvalue weighted by molar-refractivity contribution is 8.02. The van der Waals surface area contributed by atoms with Gasteiger partial charge in [0.15, 0.2) is 0 Å². The second-order valence-corrected chi connectivity index (χ2v) is 9.64. The first kappa shape index (κ1) is 23.6. The second kappa shape index (κ2) is 10.1. The maximum Gasteiger partial charge on any atom is 0.311 e. The zero-order valence-electron chi connectivity index (χ0n) is 18.9. The molecule has 6 heteroatoms. The predicted molar refractivity (Wildman–Crippen MR) is 130 cm³/mol. The molecule has 1 saturated carbocycles. The number of ether oxygens (including phenoxy) is 2. The van der Waals surface area contributed by atoms with Crippen molar-refractivity contribution in [3.8, 4) is 17.6 Å². The lowest BCUT2D eigenvalue weighted by Crippen LogP contribution is -2.14. The summed E-state index contributed by atoms with van der Waals surface area (Å²) >= 11 is 1.46. The van der Waals surface area contributed by atoms with Gasteiger partial charge in [0, 0.05) is 10.5 Å². The van der Waals surface area contributed by atoms with Crippen molar-refractivity contribution in [3.63, 3.8) is 0 Å². The average molecular weight is 474 g/mol. The minimum Gasteiger partial charge on any atom is -0.457 e. The highest BCUT2D eigenvalue weighted by atomic mass is 32.2. The molecule has 1 unspecified atom stereocenters. The molecule has 0 spiro atoms. The molecule has 0 aromatic heterocycles. The molecule has 4 nitrogen and oxygen atoms in total. The molecule has 0 bridgehead atoms. The quantitative estimate of drug-likeness (QED) is 0.254. The van der Waals surface area contributed by atoms with E-state index in [1.165, 1.54) is 23.9 Å². The normalized spacial score (nSPS) is 19.2. The Balaban J connectivity index is 1.39. The first-order chi connectivity index (χ1) is 16.4. The Morgan fingerprint density at radius 3 is 2.47 bits per heavy atom. The number of nitriles is 1. The van der Waals surface area contributed by atoms with Gasteiger partial charge in [-0.2, -0.15) is 5.26 Å². The van der Waals surface area contributed by atoms with Gasteiger partial charge in [-0.05, 0) is 65.3 Å². The summed E-state index contributed by atoms with van der Waals surface area (Å²) in [6, 6.07) is 24.7. The fraction of sp³-hybridized carbons (Fsp3) is 0.214. The molecule has 0 saturated heterocycles. The van der Waals surface area contributed by atoms with Crippen molar-refractivity contribution in [3.05, 3.63) is 102 Å². The lowest BCUT2D eigenvalue weighted by atomic mass is 10.1. The highest BCUT2D eigenvalue weighted by Gasteiger charge is 2.61. The maximum atomic E-state index is 13.1. The molecule has 0 radical (unpaired) electrons. The van der Waals surface area contributed by atoms with Gasteiger partial charge in [0.1, 0.15) is 23.4 Å². The third-order valence-corrected chi connectivity index (χ3v) is 6.80. The fourth-order valence-corrected chi connectivity index (χ4v) is 4.63. The van der Waals surface area contributed by atoms with Crippen LogP contribution in [0.25, 0.3) is 0 Å². The molecule has 172 valence electrons. The summed E-state index contributed by atoms with van der Waals surface area (Å²) in [5.41, 5.74) is 0.288. The van der Waals surface area contributed by atoms with Crippen LogP contribution in [0.3, 0.4) is 0 Å². The van der Waals surface area contributed by atoms with Crippen LogP contribution in [0, 0.1) is 34.4 Å². The van der Waals surface area contributed by atoms with Crippen LogP contribution in [0.15, 0.2) is 95.2 Å². The number of halogens is 1. The topological polar surface area (TPSA) is 59.3 Å². The molecule has 1 aliphatic rings. The van der Waals surface area contributed by atoms with Crippen LogP contribution in [0.4, 0.5) is 4.39 Å².